The summed E-state index contributed by atoms with van der Waals surface area (Å²) in [5.41, 5.74) is 10.8. The number of nitrogens with two attached hydrogens (primary N) is 2. The van der Waals surface area contributed by atoms with E-state index in [1.165, 1.54) is 0 Å². The number of unbranched alkanes of at least 4 members (excludes halogenated alkanes) is 2. The molecule has 12 heavy (non-hydrogen) atoms. The molecule has 0 heterocycles. The van der Waals surface area contributed by atoms with Crippen LogP contribution in [0.15, 0.2) is 0 Å². The van der Waals surface area contributed by atoms with Crippen LogP contribution in [-0.4, -0.2) is 23.7 Å². The molecule has 72 valence electrons. The van der Waals surface area contributed by atoms with Gasteiger partial charge in [-0.2, -0.15) is 0 Å². The molecule has 0 rings (SSSR count). The van der Waals surface area contributed by atoms with Gasteiger partial charge in [-0.1, -0.05) is 12.8 Å². The highest BCUT2D eigenvalue weighted by Crippen LogP contribution is 2.03. The zero-order chi connectivity index (χ0) is 9.40. The third-order valence-electron chi connectivity index (χ3n) is 1.72. The Morgan fingerprint density at radius 1 is 1.33 bits per heavy atom. The molecular weight excluding hydrogens is 156 g/mol. The minimum atomic E-state index is -0.818. The van der Waals surface area contributed by atoms with Crippen molar-refractivity contribution in [1.29, 1.82) is 0 Å². The fraction of sp³-hybridized carbons (Fsp3) is 0.875. The van der Waals surface area contributed by atoms with Gasteiger partial charge in [-0.05, 0) is 19.4 Å². The highest BCUT2D eigenvalue weighted by atomic mass is 16.4. The molecule has 1 unspecified atom stereocenters. The van der Waals surface area contributed by atoms with Gasteiger partial charge >= 0.3 is 5.97 Å². The second-order valence-corrected chi connectivity index (χ2v) is 3.00. The summed E-state index contributed by atoms with van der Waals surface area (Å²) in [6.45, 7) is 0.703. The summed E-state index contributed by atoms with van der Waals surface area (Å²) in [5, 5.41) is 8.39. The summed E-state index contributed by atoms with van der Waals surface area (Å²) in [5.74, 6) is -0.818. The quantitative estimate of drug-likeness (QED) is 0.484. The van der Waals surface area contributed by atoms with Crippen molar-refractivity contribution in [2.75, 3.05) is 6.54 Å². The SMILES string of the molecule is NCCCCCC(N)CC(=O)O. The van der Waals surface area contributed by atoms with Gasteiger partial charge in [0.05, 0.1) is 6.42 Å². The first-order valence-electron chi connectivity index (χ1n) is 4.34. The van der Waals surface area contributed by atoms with Crippen LogP contribution in [0.25, 0.3) is 0 Å². The molecular formula is C8H18N2O2. The van der Waals surface area contributed by atoms with E-state index in [0.717, 1.165) is 25.7 Å². The summed E-state index contributed by atoms with van der Waals surface area (Å²) in [6, 6.07) is -0.194. The summed E-state index contributed by atoms with van der Waals surface area (Å²) in [4.78, 5) is 10.2. The van der Waals surface area contributed by atoms with Gasteiger partial charge in [0, 0.05) is 6.04 Å². The third kappa shape index (κ3) is 7.50. The van der Waals surface area contributed by atoms with E-state index in [2.05, 4.69) is 0 Å². The van der Waals surface area contributed by atoms with E-state index in [-0.39, 0.29) is 12.5 Å². The third-order valence-corrected chi connectivity index (χ3v) is 1.72. The molecule has 4 heteroatoms. The van der Waals surface area contributed by atoms with Crippen molar-refractivity contribution in [2.24, 2.45) is 11.5 Å². The molecule has 0 aromatic carbocycles. The zero-order valence-corrected chi connectivity index (χ0v) is 7.33. The highest BCUT2D eigenvalue weighted by molar-refractivity contribution is 5.67. The molecule has 0 spiro atoms. The van der Waals surface area contributed by atoms with Crippen molar-refractivity contribution in [3.63, 3.8) is 0 Å². The lowest BCUT2D eigenvalue weighted by atomic mass is 10.1. The van der Waals surface area contributed by atoms with Crippen molar-refractivity contribution in [2.45, 2.75) is 38.1 Å². The van der Waals surface area contributed by atoms with Gasteiger partial charge in [0.15, 0.2) is 0 Å². The van der Waals surface area contributed by atoms with E-state index in [0.29, 0.717) is 6.54 Å². The molecule has 0 aliphatic rings. The van der Waals surface area contributed by atoms with Gasteiger partial charge in [0.1, 0.15) is 0 Å². The van der Waals surface area contributed by atoms with Gasteiger partial charge in [-0.25, -0.2) is 0 Å². The number of rotatable bonds is 7. The number of aliphatic carboxylic acids is 1. The maximum absolute atomic E-state index is 10.2. The van der Waals surface area contributed by atoms with Gasteiger partial charge in [-0.15, -0.1) is 0 Å². The van der Waals surface area contributed by atoms with Crippen LogP contribution in [0.4, 0.5) is 0 Å². The topological polar surface area (TPSA) is 89.3 Å². The lowest BCUT2D eigenvalue weighted by Crippen LogP contribution is -2.23. The van der Waals surface area contributed by atoms with Crippen LogP contribution in [0.1, 0.15) is 32.1 Å². The summed E-state index contributed by atoms with van der Waals surface area (Å²) >= 11 is 0. The van der Waals surface area contributed by atoms with Crippen LogP contribution in [0.2, 0.25) is 0 Å². The number of carbonyl (C=O) groups is 1. The Hall–Kier alpha value is -0.610. The lowest BCUT2D eigenvalue weighted by molar-refractivity contribution is -0.137. The average molecular weight is 174 g/mol. The van der Waals surface area contributed by atoms with Gasteiger partial charge in [0.25, 0.3) is 0 Å². The molecule has 4 nitrogen and oxygen atoms in total. The van der Waals surface area contributed by atoms with Crippen LogP contribution < -0.4 is 11.5 Å². The molecule has 0 aromatic heterocycles. The molecule has 0 aromatic rings. The monoisotopic (exact) mass is 174 g/mol. The van der Waals surface area contributed by atoms with Crippen molar-refractivity contribution in [3.05, 3.63) is 0 Å². The lowest BCUT2D eigenvalue weighted by Gasteiger charge is -2.07. The van der Waals surface area contributed by atoms with Crippen molar-refractivity contribution >= 4 is 5.97 Å². The maximum atomic E-state index is 10.2. The smallest absolute Gasteiger partial charge is 0.304 e. The summed E-state index contributed by atoms with van der Waals surface area (Å²) in [7, 11) is 0. The second kappa shape index (κ2) is 7.06. The van der Waals surface area contributed by atoms with Crippen molar-refractivity contribution in [1.82, 2.24) is 0 Å². The molecule has 0 radical (unpaired) electrons. The molecule has 0 bridgehead atoms. The number of hydrogen-bond acceptors (Lipinski definition) is 3. The van der Waals surface area contributed by atoms with E-state index in [1.807, 2.05) is 0 Å². The Kier molecular flexibility index (Phi) is 6.70. The molecule has 0 amide bonds. The Bertz CT molecular complexity index is 128. The van der Waals surface area contributed by atoms with Crippen LogP contribution >= 0.6 is 0 Å². The van der Waals surface area contributed by atoms with E-state index in [1.54, 1.807) is 0 Å². The standard InChI is InChI=1S/C8H18N2O2/c9-5-3-1-2-4-7(10)6-8(11)12/h7H,1-6,9-10H2,(H,11,12). The number of carboxylic acids is 1. The zero-order valence-electron chi connectivity index (χ0n) is 7.33. The first-order valence-corrected chi connectivity index (χ1v) is 4.34. The molecule has 0 aliphatic carbocycles. The fourth-order valence-corrected chi connectivity index (χ4v) is 1.05. The Labute approximate surface area is 72.9 Å². The first kappa shape index (κ1) is 11.4. The van der Waals surface area contributed by atoms with Gasteiger partial charge in [0.2, 0.25) is 0 Å². The molecule has 0 saturated heterocycles. The average Bonchev–Trinajstić information content (AvgIpc) is 1.97. The van der Waals surface area contributed by atoms with E-state index < -0.39 is 5.97 Å². The summed E-state index contributed by atoms with van der Waals surface area (Å²) < 4.78 is 0. The largest absolute Gasteiger partial charge is 0.481 e. The highest BCUT2D eigenvalue weighted by Gasteiger charge is 2.06. The first-order chi connectivity index (χ1) is 5.66. The number of hydrogen-bond donors (Lipinski definition) is 3. The van der Waals surface area contributed by atoms with E-state index in [9.17, 15) is 4.79 Å². The summed E-state index contributed by atoms with van der Waals surface area (Å²) in [6.07, 6.45) is 3.88. The van der Waals surface area contributed by atoms with Crippen molar-refractivity contribution < 1.29 is 9.90 Å². The van der Waals surface area contributed by atoms with Crippen LogP contribution in [-0.2, 0) is 4.79 Å². The molecule has 0 fully saturated rings. The van der Waals surface area contributed by atoms with Gasteiger partial charge < -0.3 is 16.6 Å². The molecule has 1 atom stereocenters. The maximum Gasteiger partial charge on any atom is 0.304 e. The molecule has 0 saturated carbocycles. The van der Waals surface area contributed by atoms with Crippen molar-refractivity contribution in [3.8, 4) is 0 Å². The molecule has 5 N–H and O–H groups in total. The van der Waals surface area contributed by atoms with Crippen LogP contribution in [0.5, 0.6) is 0 Å². The Balaban J connectivity index is 3.19. The minimum Gasteiger partial charge on any atom is -0.481 e. The van der Waals surface area contributed by atoms with E-state index >= 15 is 0 Å². The fourth-order valence-electron chi connectivity index (χ4n) is 1.05. The van der Waals surface area contributed by atoms with Crippen LogP contribution in [0, 0.1) is 0 Å². The predicted molar refractivity (Wildman–Crippen MR) is 47.8 cm³/mol. The van der Waals surface area contributed by atoms with E-state index in [4.69, 9.17) is 16.6 Å². The van der Waals surface area contributed by atoms with Crippen LogP contribution in [0.3, 0.4) is 0 Å². The second-order valence-electron chi connectivity index (χ2n) is 3.00. The number of carboxylic acid groups (broad SMARTS) is 1. The Morgan fingerprint density at radius 2 is 2.00 bits per heavy atom. The van der Waals surface area contributed by atoms with Gasteiger partial charge in [-0.3, -0.25) is 4.79 Å². The Morgan fingerprint density at radius 3 is 2.50 bits per heavy atom. The normalized spacial score (nSPS) is 12.8. The molecule has 0 aliphatic heterocycles. The minimum absolute atomic E-state index is 0.0720. The predicted octanol–water partition coefficient (Wildman–Crippen LogP) is 0.308.